The van der Waals surface area contributed by atoms with E-state index in [0.29, 0.717) is 22.0 Å². The van der Waals surface area contributed by atoms with Gasteiger partial charge in [0, 0.05) is 16.1 Å². The quantitative estimate of drug-likeness (QED) is 0.856. The standard InChI is InChI=1S/C15H13Cl2F2N/c1-20-14(11-6-5-10(16)8-12(11)17)7-9-3-2-4-13(18)15(9)19/h2-6,8,14,20H,7H2,1H3. The van der Waals surface area contributed by atoms with Crippen molar-refractivity contribution in [1.29, 1.82) is 0 Å². The first-order valence-corrected chi connectivity index (χ1v) is 6.83. The van der Waals surface area contributed by atoms with E-state index >= 15 is 0 Å². The summed E-state index contributed by atoms with van der Waals surface area (Å²) in [4.78, 5) is 0. The molecule has 0 spiro atoms. The van der Waals surface area contributed by atoms with Crippen LogP contribution in [0, 0.1) is 11.6 Å². The zero-order chi connectivity index (χ0) is 14.7. The lowest BCUT2D eigenvalue weighted by atomic mass is 9.98. The van der Waals surface area contributed by atoms with Gasteiger partial charge in [-0.1, -0.05) is 41.4 Å². The van der Waals surface area contributed by atoms with E-state index in [2.05, 4.69) is 5.32 Å². The molecule has 1 N–H and O–H groups in total. The molecule has 0 fully saturated rings. The molecule has 2 aromatic carbocycles. The van der Waals surface area contributed by atoms with Crippen molar-refractivity contribution in [3.63, 3.8) is 0 Å². The van der Waals surface area contributed by atoms with Crippen LogP contribution in [0.15, 0.2) is 36.4 Å². The molecular formula is C15H13Cl2F2N. The molecule has 0 radical (unpaired) electrons. The van der Waals surface area contributed by atoms with Crippen molar-refractivity contribution in [2.45, 2.75) is 12.5 Å². The molecule has 2 aromatic rings. The van der Waals surface area contributed by atoms with Gasteiger partial charge in [0.15, 0.2) is 11.6 Å². The molecule has 1 nitrogen and oxygen atoms in total. The molecule has 0 heterocycles. The maximum atomic E-state index is 13.7. The summed E-state index contributed by atoms with van der Waals surface area (Å²) in [5.41, 5.74) is 1.09. The molecule has 0 aromatic heterocycles. The summed E-state index contributed by atoms with van der Waals surface area (Å²) in [6.45, 7) is 0. The first-order valence-electron chi connectivity index (χ1n) is 6.08. The summed E-state index contributed by atoms with van der Waals surface area (Å²) in [5.74, 6) is -1.67. The molecule has 1 unspecified atom stereocenters. The molecule has 0 aliphatic carbocycles. The molecule has 0 bridgehead atoms. The van der Waals surface area contributed by atoms with Crippen LogP contribution in [0.3, 0.4) is 0 Å². The van der Waals surface area contributed by atoms with Crippen LogP contribution in [0.5, 0.6) is 0 Å². The molecule has 1 atom stereocenters. The normalized spacial score (nSPS) is 12.4. The van der Waals surface area contributed by atoms with E-state index in [1.165, 1.54) is 6.07 Å². The Bertz CT molecular complexity index is 617. The summed E-state index contributed by atoms with van der Waals surface area (Å²) < 4.78 is 27.0. The van der Waals surface area contributed by atoms with Gasteiger partial charge in [-0.3, -0.25) is 0 Å². The van der Waals surface area contributed by atoms with E-state index in [9.17, 15) is 8.78 Å². The summed E-state index contributed by atoms with van der Waals surface area (Å²) in [5, 5.41) is 4.08. The molecule has 106 valence electrons. The number of halogens is 4. The van der Waals surface area contributed by atoms with Gasteiger partial charge in [0.2, 0.25) is 0 Å². The van der Waals surface area contributed by atoms with Crippen LogP contribution in [-0.4, -0.2) is 7.05 Å². The Morgan fingerprint density at radius 1 is 1.15 bits per heavy atom. The minimum atomic E-state index is -0.848. The van der Waals surface area contributed by atoms with E-state index in [1.54, 1.807) is 31.3 Å². The molecule has 0 saturated heterocycles. The van der Waals surface area contributed by atoms with Crippen molar-refractivity contribution in [2.75, 3.05) is 7.05 Å². The van der Waals surface area contributed by atoms with Gasteiger partial charge < -0.3 is 5.32 Å². The lowest BCUT2D eigenvalue weighted by molar-refractivity contribution is 0.487. The maximum Gasteiger partial charge on any atom is 0.162 e. The SMILES string of the molecule is CNC(Cc1cccc(F)c1F)c1ccc(Cl)cc1Cl. The lowest BCUT2D eigenvalue weighted by Crippen LogP contribution is -2.20. The van der Waals surface area contributed by atoms with Crippen molar-refractivity contribution >= 4 is 23.2 Å². The Labute approximate surface area is 126 Å². The van der Waals surface area contributed by atoms with Crippen LogP contribution in [-0.2, 0) is 6.42 Å². The van der Waals surface area contributed by atoms with E-state index in [0.717, 1.165) is 11.6 Å². The monoisotopic (exact) mass is 315 g/mol. The van der Waals surface area contributed by atoms with Gasteiger partial charge in [-0.15, -0.1) is 0 Å². The fraction of sp³-hybridized carbons (Fsp3) is 0.200. The first-order chi connectivity index (χ1) is 9.52. The molecular weight excluding hydrogens is 303 g/mol. The highest BCUT2D eigenvalue weighted by molar-refractivity contribution is 6.35. The van der Waals surface area contributed by atoms with Crippen molar-refractivity contribution < 1.29 is 8.78 Å². The van der Waals surface area contributed by atoms with Crippen LogP contribution in [0.2, 0.25) is 10.0 Å². The molecule has 0 saturated carbocycles. The summed E-state index contributed by atoms with van der Waals surface area (Å²) in [6.07, 6.45) is 0.293. The number of benzene rings is 2. The van der Waals surface area contributed by atoms with Crippen LogP contribution in [0.1, 0.15) is 17.2 Å². The zero-order valence-corrected chi connectivity index (χ0v) is 12.3. The van der Waals surface area contributed by atoms with Crippen molar-refractivity contribution in [1.82, 2.24) is 5.32 Å². The average Bonchev–Trinajstić information content (AvgIpc) is 2.41. The second-order valence-corrected chi connectivity index (χ2v) is 5.27. The lowest BCUT2D eigenvalue weighted by Gasteiger charge is -2.18. The highest BCUT2D eigenvalue weighted by Gasteiger charge is 2.17. The minimum Gasteiger partial charge on any atom is -0.313 e. The van der Waals surface area contributed by atoms with Crippen LogP contribution >= 0.6 is 23.2 Å². The second-order valence-electron chi connectivity index (χ2n) is 4.42. The third kappa shape index (κ3) is 3.29. The predicted molar refractivity (Wildman–Crippen MR) is 78.3 cm³/mol. The summed E-state index contributed by atoms with van der Waals surface area (Å²) in [7, 11) is 1.74. The zero-order valence-electron chi connectivity index (χ0n) is 10.8. The highest BCUT2D eigenvalue weighted by atomic mass is 35.5. The van der Waals surface area contributed by atoms with Crippen molar-refractivity contribution in [3.8, 4) is 0 Å². The average molecular weight is 316 g/mol. The molecule has 20 heavy (non-hydrogen) atoms. The fourth-order valence-corrected chi connectivity index (χ4v) is 2.62. The topological polar surface area (TPSA) is 12.0 Å². The van der Waals surface area contributed by atoms with Gasteiger partial charge in [-0.25, -0.2) is 8.78 Å². The maximum absolute atomic E-state index is 13.7. The predicted octanol–water partition coefficient (Wildman–Crippen LogP) is 4.77. The highest BCUT2D eigenvalue weighted by Crippen LogP contribution is 2.29. The van der Waals surface area contributed by atoms with Gasteiger partial charge >= 0.3 is 0 Å². The summed E-state index contributed by atoms with van der Waals surface area (Å²) >= 11 is 12.0. The Morgan fingerprint density at radius 3 is 2.55 bits per heavy atom. The van der Waals surface area contributed by atoms with Crippen LogP contribution in [0.4, 0.5) is 8.78 Å². The van der Waals surface area contributed by atoms with Gasteiger partial charge in [0.25, 0.3) is 0 Å². The number of rotatable bonds is 4. The Balaban J connectivity index is 2.31. The van der Waals surface area contributed by atoms with Gasteiger partial charge in [0.05, 0.1) is 0 Å². The third-order valence-corrected chi connectivity index (χ3v) is 3.70. The van der Waals surface area contributed by atoms with Gasteiger partial charge in [-0.05, 0) is 42.8 Å². The summed E-state index contributed by atoms with van der Waals surface area (Å²) in [6, 6.07) is 9.05. The minimum absolute atomic E-state index is 0.226. The molecule has 2 rings (SSSR count). The number of nitrogens with one attached hydrogen (secondary N) is 1. The van der Waals surface area contributed by atoms with Crippen molar-refractivity contribution in [2.24, 2.45) is 0 Å². The van der Waals surface area contributed by atoms with Crippen LogP contribution in [0.25, 0.3) is 0 Å². The number of hydrogen-bond acceptors (Lipinski definition) is 1. The first kappa shape index (κ1) is 15.2. The molecule has 0 aliphatic rings. The smallest absolute Gasteiger partial charge is 0.162 e. The van der Waals surface area contributed by atoms with Gasteiger partial charge in [-0.2, -0.15) is 0 Å². The van der Waals surface area contributed by atoms with Crippen molar-refractivity contribution in [3.05, 3.63) is 69.2 Å². The van der Waals surface area contributed by atoms with E-state index < -0.39 is 11.6 Å². The molecule has 5 heteroatoms. The molecule has 0 amide bonds. The van der Waals surface area contributed by atoms with Crippen LogP contribution < -0.4 is 5.32 Å². The Morgan fingerprint density at radius 2 is 1.90 bits per heavy atom. The number of hydrogen-bond donors (Lipinski definition) is 1. The number of likely N-dealkylation sites (N-methyl/N-ethyl adjacent to an activating group) is 1. The van der Waals surface area contributed by atoms with E-state index in [1.807, 2.05) is 0 Å². The largest absolute Gasteiger partial charge is 0.313 e. The second kappa shape index (κ2) is 6.53. The molecule has 0 aliphatic heterocycles. The van der Waals surface area contributed by atoms with E-state index in [-0.39, 0.29) is 6.04 Å². The Hall–Kier alpha value is -1.16. The Kier molecular flexibility index (Phi) is 4.97. The van der Waals surface area contributed by atoms with E-state index in [4.69, 9.17) is 23.2 Å². The third-order valence-electron chi connectivity index (χ3n) is 3.14. The fourth-order valence-electron chi connectivity index (χ4n) is 2.08. The van der Waals surface area contributed by atoms with Gasteiger partial charge in [0.1, 0.15) is 0 Å².